The summed E-state index contributed by atoms with van der Waals surface area (Å²) in [7, 11) is 0. The number of hydrogen-bond donors (Lipinski definition) is 0. The topological polar surface area (TPSA) is 33.5 Å². The Morgan fingerprint density at radius 2 is 1.30 bits per heavy atom. The molecule has 1 aliphatic rings. The molecule has 0 spiro atoms. The van der Waals surface area contributed by atoms with E-state index in [4.69, 9.17) is 13.8 Å². The maximum Gasteiger partial charge on any atom is 0.135 e. The standard InChI is InChI=1S/C70H75N4O.Pt/c1-13-14-15-17-26-49-40-61-60-34-33-57(45-65(60)74(64(61)41-50(49)37-47(2)3)66-43-52(35-36-71-66)68(4,5)6)75-56-28-22-27-55(44-56)72-46-73(63-32-21-20-31-62(63)72)67-58(48-24-18-16-19-25-48)29-23-30-59(67)51-38-53(69(7,8)9)42-54(39-51)70(10,11)12;/h16,18-25,27-36,38-43,46-47H,13-15,17,26,37H2,1-12H3;/q-3;/i16D,18D,19D,24D,25D,37D2,38D,39D,42D;. The van der Waals surface area contributed by atoms with E-state index >= 15 is 0 Å². The van der Waals surface area contributed by atoms with Gasteiger partial charge in [-0.1, -0.05) is 193 Å². The summed E-state index contributed by atoms with van der Waals surface area (Å²) in [6.45, 7) is 26.2. The van der Waals surface area contributed by atoms with E-state index in [2.05, 4.69) is 56.5 Å². The summed E-state index contributed by atoms with van der Waals surface area (Å²) >= 11 is 0. The van der Waals surface area contributed by atoms with Gasteiger partial charge in [-0.3, -0.25) is 0 Å². The molecule has 0 bridgehead atoms. The number of aryl methyl sites for hydroxylation is 1. The van der Waals surface area contributed by atoms with Crippen LogP contribution in [0.3, 0.4) is 0 Å². The zero-order valence-electron chi connectivity index (χ0n) is 56.0. The van der Waals surface area contributed by atoms with Crippen molar-refractivity contribution in [3.8, 4) is 39.6 Å². The number of para-hydroxylation sites is 3. The van der Waals surface area contributed by atoms with Crippen LogP contribution in [0.5, 0.6) is 11.5 Å². The molecule has 9 aromatic rings. The minimum absolute atomic E-state index is 0. The predicted molar refractivity (Wildman–Crippen MR) is 318 cm³/mol. The first kappa shape index (κ1) is 42.7. The zero-order valence-corrected chi connectivity index (χ0v) is 48.3. The van der Waals surface area contributed by atoms with E-state index in [-0.39, 0.29) is 67.2 Å². The van der Waals surface area contributed by atoms with Crippen LogP contribution in [0.1, 0.15) is 150 Å². The van der Waals surface area contributed by atoms with Crippen LogP contribution in [0.25, 0.3) is 49.9 Å². The molecule has 394 valence electrons. The van der Waals surface area contributed by atoms with Crippen molar-refractivity contribution < 1.29 is 39.5 Å². The number of anilines is 4. The number of ether oxygens (including phenoxy) is 1. The number of nitrogens with zero attached hydrogens (tertiary/aromatic N) is 4. The summed E-state index contributed by atoms with van der Waals surface area (Å²) < 4.78 is 102. The van der Waals surface area contributed by atoms with Gasteiger partial charge in [0, 0.05) is 75.2 Å². The summed E-state index contributed by atoms with van der Waals surface area (Å²) in [6.07, 6.45) is 5.24. The van der Waals surface area contributed by atoms with E-state index < -0.39 is 47.4 Å². The molecule has 0 unspecified atom stereocenters. The number of rotatable bonds is 14. The van der Waals surface area contributed by atoms with Crippen LogP contribution >= 0.6 is 0 Å². The molecular formula is C70H75N4OPt-3. The fourth-order valence-corrected chi connectivity index (χ4v) is 9.89. The smallest absolute Gasteiger partial charge is 0.135 e. The van der Waals surface area contributed by atoms with Gasteiger partial charge in [0.25, 0.3) is 0 Å². The molecule has 7 aromatic carbocycles. The normalized spacial score (nSPS) is 15.0. The summed E-state index contributed by atoms with van der Waals surface area (Å²) in [5.74, 6) is 1.20. The Labute approximate surface area is 482 Å². The van der Waals surface area contributed by atoms with Gasteiger partial charge in [0.05, 0.1) is 11.0 Å². The monoisotopic (exact) mass is 1190 g/mol. The van der Waals surface area contributed by atoms with Crippen LogP contribution in [0.4, 0.5) is 22.7 Å². The molecule has 5 nitrogen and oxygen atoms in total. The fourth-order valence-electron chi connectivity index (χ4n) is 9.89. The Hall–Kier alpha value is -6.42. The van der Waals surface area contributed by atoms with Crippen molar-refractivity contribution >= 4 is 44.6 Å². The first-order valence-corrected chi connectivity index (χ1v) is 26.6. The van der Waals surface area contributed by atoms with Gasteiger partial charge in [0.2, 0.25) is 0 Å². The molecule has 2 aromatic heterocycles. The van der Waals surface area contributed by atoms with Crippen molar-refractivity contribution in [3.63, 3.8) is 0 Å². The van der Waals surface area contributed by atoms with Gasteiger partial charge >= 0.3 is 0 Å². The van der Waals surface area contributed by atoms with Crippen molar-refractivity contribution in [2.75, 3.05) is 9.80 Å². The van der Waals surface area contributed by atoms with E-state index in [0.29, 0.717) is 56.6 Å². The number of aromatic nitrogens is 2. The van der Waals surface area contributed by atoms with Gasteiger partial charge < -0.3 is 19.1 Å². The summed E-state index contributed by atoms with van der Waals surface area (Å²) in [5.41, 5.74) is 6.97. The number of benzene rings is 7. The second-order valence-electron chi connectivity index (χ2n) is 23.3. The largest absolute Gasteiger partial charge is 0.509 e. The Kier molecular flexibility index (Phi) is 12.3. The van der Waals surface area contributed by atoms with E-state index in [0.717, 1.165) is 70.7 Å². The molecular weight excluding hydrogens is 1110 g/mol. The minimum Gasteiger partial charge on any atom is -0.509 e. The molecule has 6 heteroatoms. The molecule has 0 saturated carbocycles. The SMILES string of the molecule is [2H]c1c([2H])c([2H])c(-c2cccc(-c3c([2H])c(C(C)(C)C)c([2H])c(C(C)(C)C)c3[2H])c2N2[CH-]N(c3[c-]c(Oc4[c-]c5c(cc4)c4cc(CCCCCC)c(C([2H])([2H])C(C)C)cc4n5-c4cc(C(C)(C)C)ccn4)ccc3)c3ccccc32)c([2H])c1[2H].[Pt]. The third-order valence-corrected chi connectivity index (χ3v) is 13.9. The fraction of sp³-hybridized carbons (Fsp3) is 0.314. The Balaban J connectivity index is 0.00000884. The Bertz CT molecular complexity index is 4030. The van der Waals surface area contributed by atoms with Crippen LogP contribution < -0.4 is 14.5 Å². The second kappa shape index (κ2) is 21.9. The van der Waals surface area contributed by atoms with Gasteiger partial charge in [0.15, 0.2) is 0 Å². The molecule has 3 heterocycles. The van der Waals surface area contributed by atoms with Crippen molar-refractivity contribution in [1.29, 1.82) is 0 Å². The molecule has 0 saturated heterocycles. The average Bonchev–Trinajstić information content (AvgIpc) is 1.45. The number of unbranched alkanes of at least 4 members (excludes halogenated alkanes) is 3. The Morgan fingerprint density at radius 1 is 0.645 bits per heavy atom. The third kappa shape index (κ3) is 11.2. The van der Waals surface area contributed by atoms with Crippen LogP contribution in [0.15, 0.2) is 152 Å². The van der Waals surface area contributed by atoms with Crippen LogP contribution in [-0.2, 0) is 50.1 Å². The number of pyridine rings is 1. The molecule has 0 N–H and O–H groups in total. The van der Waals surface area contributed by atoms with E-state index in [1.165, 1.54) is 0 Å². The van der Waals surface area contributed by atoms with Gasteiger partial charge in [-0.05, 0) is 116 Å². The summed E-state index contributed by atoms with van der Waals surface area (Å²) in [6, 6.07) is 35.8. The maximum absolute atomic E-state index is 9.95. The van der Waals surface area contributed by atoms with E-state index in [9.17, 15) is 9.60 Å². The predicted octanol–water partition coefficient (Wildman–Crippen LogP) is 19.5. The van der Waals surface area contributed by atoms with Crippen molar-refractivity contribution in [1.82, 2.24) is 9.55 Å². The first-order valence-electron chi connectivity index (χ1n) is 31.6. The molecule has 76 heavy (non-hydrogen) atoms. The van der Waals surface area contributed by atoms with E-state index in [1.807, 2.05) is 151 Å². The first-order chi connectivity index (χ1) is 40.0. The van der Waals surface area contributed by atoms with Crippen LogP contribution in [0, 0.1) is 24.7 Å². The molecule has 0 amide bonds. The number of hydrogen-bond acceptors (Lipinski definition) is 4. The van der Waals surface area contributed by atoms with Crippen LogP contribution in [0.2, 0.25) is 0 Å². The zero-order chi connectivity index (χ0) is 61.6. The second-order valence-corrected chi connectivity index (χ2v) is 23.3. The minimum atomic E-state index is -1.60. The van der Waals surface area contributed by atoms with Gasteiger partial charge in [-0.15, -0.1) is 48.1 Å². The van der Waals surface area contributed by atoms with Gasteiger partial charge in [0.1, 0.15) is 5.82 Å². The number of fused-ring (bicyclic) bond motifs is 4. The quantitative estimate of drug-likeness (QED) is 0.0803. The average molecular weight is 1190 g/mol. The van der Waals surface area contributed by atoms with Crippen molar-refractivity contribution in [2.45, 2.75) is 138 Å². The molecule has 1 aliphatic heterocycles. The molecule has 10 rings (SSSR count). The van der Waals surface area contributed by atoms with Crippen molar-refractivity contribution in [3.05, 3.63) is 198 Å². The maximum atomic E-state index is 9.95. The molecule has 0 aliphatic carbocycles. The summed E-state index contributed by atoms with van der Waals surface area (Å²) in [5, 5.41) is 1.90. The van der Waals surface area contributed by atoms with Gasteiger partial charge in [-0.25, -0.2) is 4.98 Å². The molecule has 0 radical (unpaired) electrons. The third-order valence-electron chi connectivity index (χ3n) is 13.9. The van der Waals surface area contributed by atoms with Gasteiger partial charge in [-0.2, -0.15) is 12.1 Å². The van der Waals surface area contributed by atoms with Crippen molar-refractivity contribution in [2.24, 2.45) is 5.92 Å². The molecule has 0 atom stereocenters. The van der Waals surface area contributed by atoms with E-state index in [1.54, 1.807) is 12.1 Å². The molecule has 0 fully saturated rings. The Morgan fingerprint density at radius 3 is 1.97 bits per heavy atom. The summed E-state index contributed by atoms with van der Waals surface area (Å²) in [4.78, 5) is 8.78. The van der Waals surface area contributed by atoms with Crippen LogP contribution in [-0.4, -0.2) is 9.55 Å².